The molecule has 0 spiro atoms. The molecule has 0 saturated heterocycles. The van der Waals surface area contributed by atoms with Crippen LogP contribution in [0.15, 0.2) is 47.3 Å². The van der Waals surface area contributed by atoms with Gasteiger partial charge < -0.3 is 10.1 Å². The Hall–Kier alpha value is -1.97. The maximum atomic E-state index is 12.2. The molecule has 0 saturated carbocycles. The first-order chi connectivity index (χ1) is 9.58. The van der Waals surface area contributed by atoms with Crippen molar-refractivity contribution in [2.75, 3.05) is 0 Å². The molecule has 0 bridgehead atoms. The summed E-state index contributed by atoms with van der Waals surface area (Å²) in [5.74, 6) is -0.103. The van der Waals surface area contributed by atoms with E-state index in [4.69, 9.17) is 23.2 Å². The van der Waals surface area contributed by atoms with Crippen LogP contribution in [0.2, 0.25) is 10.0 Å². The summed E-state index contributed by atoms with van der Waals surface area (Å²) in [5, 5.41) is 11.8. The van der Waals surface area contributed by atoms with Gasteiger partial charge in [-0.2, -0.15) is 0 Å². The molecule has 3 nitrogen and oxygen atoms in total. The lowest BCUT2D eigenvalue weighted by Gasteiger charge is -2.09. The van der Waals surface area contributed by atoms with E-state index in [9.17, 15) is 9.90 Å². The van der Waals surface area contributed by atoms with Crippen molar-refractivity contribution in [2.45, 2.75) is 0 Å². The minimum Gasteiger partial charge on any atom is -0.506 e. The molecule has 3 rings (SSSR count). The molecule has 0 amide bonds. The molecular formula is C15H9Cl2NO2. The Bertz CT molecular complexity index is 871. The van der Waals surface area contributed by atoms with E-state index < -0.39 is 5.56 Å². The maximum Gasteiger partial charge on any atom is 0.260 e. The van der Waals surface area contributed by atoms with E-state index in [0.29, 0.717) is 26.5 Å². The van der Waals surface area contributed by atoms with Gasteiger partial charge in [0, 0.05) is 21.0 Å². The lowest BCUT2D eigenvalue weighted by molar-refractivity contribution is 0.482. The number of pyridine rings is 1. The fourth-order valence-corrected chi connectivity index (χ4v) is 2.57. The largest absolute Gasteiger partial charge is 0.506 e. The quantitative estimate of drug-likeness (QED) is 0.707. The molecule has 0 aliphatic carbocycles. The van der Waals surface area contributed by atoms with Crippen molar-refractivity contribution in [2.24, 2.45) is 0 Å². The van der Waals surface area contributed by atoms with Gasteiger partial charge in [-0.05, 0) is 24.3 Å². The molecule has 2 aromatic carbocycles. The number of benzene rings is 2. The fraction of sp³-hybridized carbons (Fsp3) is 0. The number of hydrogen-bond acceptors (Lipinski definition) is 2. The van der Waals surface area contributed by atoms with Gasteiger partial charge >= 0.3 is 0 Å². The van der Waals surface area contributed by atoms with E-state index in [1.807, 2.05) is 0 Å². The van der Waals surface area contributed by atoms with Crippen LogP contribution in [0.25, 0.3) is 22.0 Å². The first-order valence-corrected chi connectivity index (χ1v) is 6.63. The molecule has 1 heterocycles. The summed E-state index contributed by atoms with van der Waals surface area (Å²) in [4.78, 5) is 14.9. The number of aromatic hydroxyl groups is 1. The summed E-state index contributed by atoms with van der Waals surface area (Å²) in [6.45, 7) is 0. The Kier molecular flexibility index (Phi) is 3.16. The van der Waals surface area contributed by atoms with Gasteiger partial charge in [0.2, 0.25) is 0 Å². The number of nitrogens with one attached hydrogen (secondary N) is 1. The molecule has 0 aliphatic rings. The predicted molar refractivity (Wildman–Crippen MR) is 81.7 cm³/mol. The second-order valence-corrected chi connectivity index (χ2v) is 5.19. The van der Waals surface area contributed by atoms with E-state index in [-0.39, 0.29) is 11.3 Å². The molecule has 0 atom stereocenters. The number of rotatable bonds is 1. The molecule has 20 heavy (non-hydrogen) atoms. The van der Waals surface area contributed by atoms with Crippen LogP contribution in [0.4, 0.5) is 0 Å². The topological polar surface area (TPSA) is 53.1 Å². The lowest BCUT2D eigenvalue weighted by atomic mass is 10.0. The van der Waals surface area contributed by atoms with Crippen LogP contribution in [0, 0.1) is 0 Å². The van der Waals surface area contributed by atoms with Gasteiger partial charge in [-0.25, -0.2) is 0 Å². The van der Waals surface area contributed by atoms with E-state index in [1.165, 1.54) is 0 Å². The molecule has 0 fully saturated rings. The average Bonchev–Trinajstić information content (AvgIpc) is 2.40. The molecule has 0 aliphatic heterocycles. The van der Waals surface area contributed by atoms with Crippen LogP contribution >= 0.6 is 23.2 Å². The number of aromatic nitrogens is 1. The van der Waals surface area contributed by atoms with Crippen LogP contribution in [0.5, 0.6) is 5.75 Å². The van der Waals surface area contributed by atoms with Crippen LogP contribution in [-0.4, -0.2) is 10.1 Å². The predicted octanol–water partition coefficient (Wildman–Crippen LogP) is 4.21. The van der Waals surface area contributed by atoms with Crippen LogP contribution in [0.3, 0.4) is 0 Å². The molecule has 100 valence electrons. The van der Waals surface area contributed by atoms with Gasteiger partial charge in [-0.15, -0.1) is 0 Å². The third-order valence-electron chi connectivity index (χ3n) is 3.09. The summed E-state index contributed by atoms with van der Waals surface area (Å²) in [6.07, 6.45) is 0. The monoisotopic (exact) mass is 305 g/mol. The van der Waals surface area contributed by atoms with Crippen molar-refractivity contribution < 1.29 is 5.11 Å². The zero-order chi connectivity index (χ0) is 14.3. The standard InChI is InChI=1S/C15H9Cl2NO2/c16-8-5-6-10-12(7-8)18-15(20)13(14(10)19)9-3-1-2-4-11(9)17/h1-7H,(H2,18,19,20). The SMILES string of the molecule is O=c1[nH]c2cc(Cl)ccc2c(O)c1-c1ccccc1Cl. The van der Waals surface area contributed by atoms with E-state index in [2.05, 4.69) is 4.98 Å². The third-order valence-corrected chi connectivity index (χ3v) is 3.66. The summed E-state index contributed by atoms with van der Waals surface area (Å²) < 4.78 is 0. The summed E-state index contributed by atoms with van der Waals surface area (Å²) >= 11 is 12.0. The Morgan fingerprint density at radius 1 is 1.05 bits per heavy atom. The number of halogens is 2. The van der Waals surface area contributed by atoms with Crippen LogP contribution in [-0.2, 0) is 0 Å². The zero-order valence-corrected chi connectivity index (χ0v) is 11.7. The van der Waals surface area contributed by atoms with Crippen molar-refractivity contribution in [3.63, 3.8) is 0 Å². The highest BCUT2D eigenvalue weighted by Crippen LogP contribution is 2.35. The number of aromatic amines is 1. The minimum absolute atomic E-state index is 0.103. The van der Waals surface area contributed by atoms with Crippen molar-refractivity contribution in [3.05, 3.63) is 62.9 Å². The van der Waals surface area contributed by atoms with Crippen molar-refractivity contribution in [3.8, 4) is 16.9 Å². The van der Waals surface area contributed by atoms with Crippen LogP contribution < -0.4 is 5.56 Å². The van der Waals surface area contributed by atoms with Crippen LogP contribution in [0.1, 0.15) is 0 Å². The van der Waals surface area contributed by atoms with Gasteiger partial charge in [0.15, 0.2) is 0 Å². The summed E-state index contributed by atoms with van der Waals surface area (Å²) in [7, 11) is 0. The van der Waals surface area contributed by atoms with Crippen molar-refractivity contribution >= 4 is 34.1 Å². The molecule has 5 heteroatoms. The van der Waals surface area contributed by atoms with Gasteiger partial charge in [0.25, 0.3) is 5.56 Å². The number of H-pyrrole nitrogens is 1. The highest BCUT2D eigenvalue weighted by molar-refractivity contribution is 6.33. The molecule has 1 aromatic heterocycles. The first kappa shape index (κ1) is 13.0. The molecule has 3 aromatic rings. The first-order valence-electron chi connectivity index (χ1n) is 5.87. The smallest absolute Gasteiger partial charge is 0.260 e. The van der Waals surface area contributed by atoms with Gasteiger partial charge in [-0.3, -0.25) is 4.79 Å². The van der Waals surface area contributed by atoms with Gasteiger partial charge in [0.05, 0.1) is 11.1 Å². The van der Waals surface area contributed by atoms with Crippen molar-refractivity contribution in [1.82, 2.24) is 4.98 Å². The second-order valence-electron chi connectivity index (χ2n) is 4.35. The number of fused-ring (bicyclic) bond motifs is 1. The molecule has 2 N–H and O–H groups in total. The van der Waals surface area contributed by atoms with E-state index >= 15 is 0 Å². The van der Waals surface area contributed by atoms with Crippen molar-refractivity contribution in [1.29, 1.82) is 0 Å². The normalized spacial score (nSPS) is 10.9. The fourth-order valence-electron chi connectivity index (χ4n) is 2.17. The van der Waals surface area contributed by atoms with E-state index in [1.54, 1.807) is 42.5 Å². The highest BCUT2D eigenvalue weighted by Gasteiger charge is 2.16. The van der Waals surface area contributed by atoms with E-state index in [0.717, 1.165) is 0 Å². The zero-order valence-electron chi connectivity index (χ0n) is 10.2. The molecule has 0 radical (unpaired) electrons. The highest BCUT2D eigenvalue weighted by atomic mass is 35.5. The Balaban J connectivity index is 2.41. The Labute approximate surface area is 124 Å². The number of hydrogen-bond donors (Lipinski definition) is 2. The van der Waals surface area contributed by atoms with Gasteiger partial charge in [0.1, 0.15) is 5.75 Å². The van der Waals surface area contributed by atoms with Gasteiger partial charge in [-0.1, -0.05) is 41.4 Å². The Morgan fingerprint density at radius 3 is 2.55 bits per heavy atom. The maximum absolute atomic E-state index is 12.2. The molecular weight excluding hydrogens is 297 g/mol. The minimum atomic E-state index is -0.412. The second kappa shape index (κ2) is 4.85. The third kappa shape index (κ3) is 2.05. The molecule has 0 unspecified atom stereocenters. The summed E-state index contributed by atoms with van der Waals surface area (Å²) in [6, 6.07) is 11.8. The Morgan fingerprint density at radius 2 is 1.80 bits per heavy atom. The lowest BCUT2D eigenvalue weighted by Crippen LogP contribution is -2.09. The summed E-state index contributed by atoms with van der Waals surface area (Å²) in [5.41, 5.74) is 0.719. The average molecular weight is 306 g/mol.